The van der Waals surface area contributed by atoms with E-state index in [0.717, 1.165) is 10.8 Å². The fourth-order valence-electron chi connectivity index (χ4n) is 3.43. The normalized spacial score (nSPS) is 14.7. The quantitative estimate of drug-likeness (QED) is 0.358. The summed E-state index contributed by atoms with van der Waals surface area (Å²) in [7, 11) is -3.68. The van der Waals surface area contributed by atoms with E-state index in [2.05, 4.69) is 20.0 Å². The second-order valence-electron chi connectivity index (χ2n) is 7.85. The molecule has 0 radical (unpaired) electrons. The van der Waals surface area contributed by atoms with Gasteiger partial charge in [-0.25, -0.2) is 18.1 Å². The summed E-state index contributed by atoms with van der Waals surface area (Å²) in [5.41, 5.74) is 0.865. The molecular weight excluding hydrogens is 452 g/mol. The third-order valence-corrected chi connectivity index (χ3v) is 6.74. The summed E-state index contributed by atoms with van der Waals surface area (Å²) < 4.78 is 33.4. The second-order valence-corrected chi connectivity index (χ2v) is 9.56. The van der Waals surface area contributed by atoms with E-state index in [9.17, 15) is 13.5 Å². The van der Waals surface area contributed by atoms with Crippen LogP contribution in [0, 0.1) is 0 Å². The van der Waals surface area contributed by atoms with Gasteiger partial charge in [-0.2, -0.15) is 0 Å². The fourth-order valence-corrected chi connectivity index (χ4v) is 4.71. The van der Waals surface area contributed by atoms with Crippen LogP contribution < -0.4 is 10.0 Å². The van der Waals surface area contributed by atoms with E-state index in [1.165, 1.54) is 6.39 Å². The topological polar surface area (TPSA) is 117 Å². The van der Waals surface area contributed by atoms with Crippen molar-refractivity contribution in [2.45, 2.75) is 30.4 Å². The van der Waals surface area contributed by atoms with Gasteiger partial charge in [-0.15, -0.1) is 12.4 Å². The van der Waals surface area contributed by atoms with Crippen LogP contribution in [0.25, 0.3) is 21.9 Å². The summed E-state index contributed by atoms with van der Waals surface area (Å²) in [6.45, 7) is 4.05. The van der Waals surface area contributed by atoms with Gasteiger partial charge in [-0.05, 0) is 55.1 Å². The zero-order chi connectivity index (χ0) is 22.1. The highest BCUT2D eigenvalue weighted by Crippen LogP contribution is 2.24. The molecule has 1 unspecified atom stereocenters. The fraction of sp³-hybridized carbons (Fsp3) is 0.273. The van der Waals surface area contributed by atoms with Crippen LogP contribution >= 0.6 is 12.4 Å². The summed E-state index contributed by atoms with van der Waals surface area (Å²) in [5.74, 6) is 0. The molecular formula is C22H25ClN4O4S. The van der Waals surface area contributed by atoms with E-state index >= 15 is 0 Å². The molecule has 4 rings (SSSR count). The minimum atomic E-state index is -3.68. The lowest BCUT2D eigenvalue weighted by molar-refractivity contribution is 0.0569. The van der Waals surface area contributed by atoms with Crippen LogP contribution in [0.5, 0.6) is 0 Å². The number of hydrogen-bond donors (Lipinski definition) is 3. The number of oxazole rings is 1. The minimum absolute atomic E-state index is 0. The van der Waals surface area contributed by atoms with E-state index in [1.807, 2.05) is 0 Å². The molecule has 0 aliphatic rings. The van der Waals surface area contributed by atoms with Crippen LogP contribution in [0.2, 0.25) is 0 Å². The van der Waals surface area contributed by atoms with Crippen molar-refractivity contribution in [1.82, 2.24) is 20.0 Å². The molecule has 4 aromatic rings. The van der Waals surface area contributed by atoms with Crippen LogP contribution in [0.4, 0.5) is 0 Å². The summed E-state index contributed by atoms with van der Waals surface area (Å²) in [4.78, 5) is 8.35. The Morgan fingerprint density at radius 3 is 2.78 bits per heavy atom. The standard InChI is InChI=1S/C22H24N4O4S.ClH/c1-15(26-31(28,29)19-5-3-17-12-23-8-7-16(17)9-19)11-24-13-22(2,27)18-4-6-21-20(10-18)25-14-30-21;/h3-10,12,14-15,24,26-27H,11,13H2,1-2H3;1H/t15-,22?;/m1./s1. The molecule has 32 heavy (non-hydrogen) atoms. The Hall–Kier alpha value is -2.56. The molecule has 0 saturated heterocycles. The smallest absolute Gasteiger partial charge is 0.240 e. The number of sulfonamides is 1. The highest BCUT2D eigenvalue weighted by atomic mass is 35.5. The first-order chi connectivity index (χ1) is 14.7. The monoisotopic (exact) mass is 476 g/mol. The second kappa shape index (κ2) is 9.51. The maximum absolute atomic E-state index is 12.7. The van der Waals surface area contributed by atoms with E-state index in [-0.39, 0.29) is 29.9 Å². The largest absolute Gasteiger partial charge is 0.443 e. The number of halogens is 1. The predicted molar refractivity (Wildman–Crippen MR) is 125 cm³/mol. The Balaban J connectivity index is 0.00000289. The molecule has 10 heteroatoms. The Bertz CT molecular complexity index is 1320. The van der Waals surface area contributed by atoms with Gasteiger partial charge in [0.1, 0.15) is 5.52 Å². The van der Waals surface area contributed by atoms with Crippen LogP contribution in [-0.2, 0) is 15.6 Å². The molecule has 2 aromatic carbocycles. The van der Waals surface area contributed by atoms with Crippen molar-refractivity contribution >= 4 is 44.3 Å². The number of nitrogens with one attached hydrogen (secondary N) is 2. The minimum Gasteiger partial charge on any atom is -0.443 e. The number of rotatable bonds is 8. The molecule has 3 N–H and O–H groups in total. The van der Waals surface area contributed by atoms with E-state index in [1.54, 1.807) is 68.7 Å². The van der Waals surface area contributed by atoms with Gasteiger partial charge >= 0.3 is 0 Å². The number of fused-ring (bicyclic) bond motifs is 2. The first-order valence-corrected chi connectivity index (χ1v) is 11.4. The molecule has 2 aromatic heterocycles. The zero-order valence-electron chi connectivity index (χ0n) is 17.6. The Kier molecular flexibility index (Phi) is 7.16. The first kappa shape index (κ1) is 24.1. The first-order valence-electron chi connectivity index (χ1n) is 9.87. The van der Waals surface area contributed by atoms with E-state index in [0.29, 0.717) is 23.2 Å². The van der Waals surface area contributed by atoms with E-state index < -0.39 is 15.6 Å². The van der Waals surface area contributed by atoms with Crippen molar-refractivity contribution in [3.05, 3.63) is 66.8 Å². The van der Waals surface area contributed by atoms with Crippen molar-refractivity contribution in [2.24, 2.45) is 0 Å². The highest BCUT2D eigenvalue weighted by molar-refractivity contribution is 7.89. The molecule has 0 bridgehead atoms. The van der Waals surface area contributed by atoms with Gasteiger partial charge in [-0.3, -0.25) is 4.98 Å². The Morgan fingerprint density at radius 1 is 1.16 bits per heavy atom. The highest BCUT2D eigenvalue weighted by Gasteiger charge is 2.24. The molecule has 2 heterocycles. The van der Waals surface area contributed by atoms with Crippen molar-refractivity contribution in [3.63, 3.8) is 0 Å². The number of aromatic nitrogens is 2. The van der Waals surface area contributed by atoms with Gasteiger partial charge < -0.3 is 14.8 Å². The predicted octanol–water partition coefficient (Wildman–Crippen LogP) is 2.96. The molecule has 0 fully saturated rings. The van der Waals surface area contributed by atoms with Crippen molar-refractivity contribution in [3.8, 4) is 0 Å². The molecule has 170 valence electrons. The molecule has 0 aliphatic carbocycles. The van der Waals surface area contributed by atoms with Gasteiger partial charge in [0.2, 0.25) is 10.0 Å². The molecule has 8 nitrogen and oxygen atoms in total. The lowest BCUT2D eigenvalue weighted by atomic mass is 9.95. The average molecular weight is 477 g/mol. The van der Waals surface area contributed by atoms with Gasteiger partial charge in [0, 0.05) is 36.9 Å². The third kappa shape index (κ3) is 5.25. The van der Waals surface area contributed by atoms with Crippen molar-refractivity contribution < 1.29 is 17.9 Å². The van der Waals surface area contributed by atoms with Crippen LogP contribution in [0.3, 0.4) is 0 Å². The van der Waals surface area contributed by atoms with Crippen molar-refractivity contribution in [1.29, 1.82) is 0 Å². The third-order valence-electron chi connectivity index (χ3n) is 5.15. The van der Waals surface area contributed by atoms with Gasteiger partial charge in [0.05, 0.1) is 10.5 Å². The molecule has 0 saturated carbocycles. The lowest BCUT2D eigenvalue weighted by Gasteiger charge is -2.25. The Morgan fingerprint density at radius 2 is 1.97 bits per heavy atom. The molecule has 2 atom stereocenters. The average Bonchev–Trinajstić information content (AvgIpc) is 3.21. The maximum Gasteiger partial charge on any atom is 0.240 e. The molecule has 0 amide bonds. The number of aliphatic hydroxyl groups is 1. The lowest BCUT2D eigenvalue weighted by Crippen LogP contribution is -2.44. The van der Waals surface area contributed by atoms with Crippen LogP contribution in [0.15, 0.2) is 70.6 Å². The zero-order valence-corrected chi connectivity index (χ0v) is 19.3. The van der Waals surface area contributed by atoms with Gasteiger partial charge in [0.25, 0.3) is 0 Å². The van der Waals surface area contributed by atoms with Crippen molar-refractivity contribution in [2.75, 3.05) is 13.1 Å². The number of pyridine rings is 1. The van der Waals surface area contributed by atoms with Gasteiger partial charge in [-0.1, -0.05) is 12.1 Å². The van der Waals surface area contributed by atoms with Crippen LogP contribution in [0.1, 0.15) is 19.4 Å². The van der Waals surface area contributed by atoms with Crippen LogP contribution in [-0.4, -0.2) is 42.6 Å². The van der Waals surface area contributed by atoms with Gasteiger partial charge in [0.15, 0.2) is 12.0 Å². The number of hydrogen-bond acceptors (Lipinski definition) is 7. The molecule has 0 aliphatic heterocycles. The molecule has 0 spiro atoms. The SMILES string of the molecule is C[C@H](CNCC(C)(O)c1ccc2ocnc2c1)NS(=O)(=O)c1ccc2cnccc2c1.Cl. The summed E-state index contributed by atoms with van der Waals surface area (Å²) in [6.07, 6.45) is 4.69. The number of benzene rings is 2. The Labute approximate surface area is 192 Å². The maximum atomic E-state index is 12.7. The summed E-state index contributed by atoms with van der Waals surface area (Å²) in [6, 6.07) is 11.7. The summed E-state index contributed by atoms with van der Waals surface area (Å²) in [5, 5.41) is 15.7. The summed E-state index contributed by atoms with van der Waals surface area (Å²) >= 11 is 0. The number of nitrogens with zero attached hydrogens (tertiary/aromatic N) is 2. The van der Waals surface area contributed by atoms with E-state index in [4.69, 9.17) is 4.42 Å².